The lowest BCUT2D eigenvalue weighted by Crippen LogP contribution is -2.32. The number of rotatable bonds is 8. The summed E-state index contributed by atoms with van der Waals surface area (Å²) in [7, 11) is 0. The minimum absolute atomic E-state index is 0.324. The Morgan fingerprint density at radius 2 is 1.68 bits per heavy atom. The maximum atomic E-state index is 9.65. The summed E-state index contributed by atoms with van der Waals surface area (Å²) in [5.41, 5.74) is 0.486. The van der Waals surface area contributed by atoms with Crippen molar-refractivity contribution in [2.45, 2.75) is 45.3 Å². The molecule has 0 spiro atoms. The topological polar surface area (TPSA) is 42.2 Å². The number of nitriles is 1. The molecule has 19 heavy (non-hydrogen) atoms. The summed E-state index contributed by atoms with van der Waals surface area (Å²) in [6.45, 7) is 7.09. The summed E-state index contributed by atoms with van der Waals surface area (Å²) < 4.78 is 11.2. The molecular formula is C16H23NO2. The number of benzene rings is 1. The average molecular weight is 261 g/mol. The molecule has 3 nitrogen and oxygen atoms in total. The van der Waals surface area contributed by atoms with E-state index in [0.29, 0.717) is 19.6 Å². The second-order valence-corrected chi connectivity index (χ2v) is 4.46. The molecule has 1 atom stereocenters. The Labute approximate surface area is 116 Å². The maximum absolute atomic E-state index is 9.65. The number of nitrogens with zero attached hydrogens (tertiary/aromatic N) is 1. The fourth-order valence-corrected chi connectivity index (χ4v) is 2.24. The van der Waals surface area contributed by atoms with Gasteiger partial charge in [0.05, 0.1) is 11.5 Å². The van der Waals surface area contributed by atoms with E-state index in [1.165, 1.54) is 0 Å². The lowest BCUT2D eigenvalue weighted by molar-refractivity contribution is -0.146. The van der Waals surface area contributed by atoms with Gasteiger partial charge in [0.2, 0.25) is 0 Å². The molecule has 0 saturated heterocycles. The Morgan fingerprint density at radius 1 is 1.11 bits per heavy atom. The third-order valence-electron chi connectivity index (χ3n) is 3.36. The van der Waals surface area contributed by atoms with Crippen LogP contribution >= 0.6 is 0 Å². The molecule has 3 heteroatoms. The highest BCUT2D eigenvalue weighted by molar-refractivity contribution is 5.32. The van der Waals surface area contributed by atoms with Crippen molar-refractivity contribution in [1.82, 2.24) is 0 Å². The molecule has 0 aliphatic carbocycles. The van der Waals surface area contributed by atoms with E-state index in [1.54, 1.807) is 0 Å². The second kappa shape index (κ2) is 7.93. The maximum Gasteiger partial charge on any atom is 0.159 e. The molecule has 1 aromatic carbocycles. The molecular weight excluding hydrogens is 238 g/mol. The lowest BCUT2D eigenvalue weighted by Gasteiger charge is -2.30. The van der Waals surface area contributed by atoms with E-state index < -0.39 is 5.41 Å². The molecule has 0 aliphatic rings. The van der Waals surface area contributed by atoms with Crippen LogP contribution in [0, 0.1) is 11.3 Å². The van der Waals surface area contributed by atoms with Gasteiger partial charge >= 0.3 is 0 Å². The van der Waals surface area contributed by atoms with Crippen LogP contribution < -0.4 is 0 Å². The minimum atomic E-state index is -0.545. The number of hydrogen-bond acceptors (Lipinski definition) is 3. The molecule has 0 heterocycles. The van der Waals surface area contributed by atoms with Gasteiger partial charge in [-0.2, -0.15) is 5.26 Å². The Kier molecular flexibility index (Phi) is 6.55. The van der Waals surface area contributed by atoms with Crippen molar-refractivity contribution in [3.05, 3.63) is 35.9 Å². The molecule has 0 amide bonds. The van der Waals surface area contributed by atoms with Gasteiger partial charge in [-0.15, -0.1) is 0 Å². The van der Waals surface area contributed by atoms with Gasteiger partial charge in [0.25, 0.3) is 0 Å². The summed E-state index contributed by atoms with van der Waals surface area (Å²) in [5, 5.41) is 9.65. The Hall–Kier alpha value is -1.37. The standard InChI is InChI=1S/C16H23NO2/c1-4-16(13-17,14-10-8-7-9-11-14)12-15(18-5-2)19-6-3/h7-11,15H,4-6,12H2,1-3H3/t16-/m0/s1. The molecule has 0 aromatic heterocycles. The van der Waals surface area contributed by atoms with Crippen molar-refractivity contribution >= 4 is 0 Å². The van der Waals surface area contributed by atoms with Gasteiger partial charge in [-0.3, -0.25) is 0 Å². The molecule has 0 radical (unpaired) electrons. The molecule has 0 fully saturated rings. The van der Waals surface area contributed by atoms with Crippen molar-refractivity contribution < 1.29 is 9.47 Å². The summed E-state index contributed by atoms with van der Waals surface area (Å²) >= 11 is 0. The lowest BCUT2D eigenvalue weighted by atomic mass is 9.76. The van der Waals surface area contributed by atoms with E-state index in [4.69, 9.17) is 9.47 Å². The van der Waals surface area contributed by atoms with Crippen LogP contribution in [0.5, 0.6) is 0 Å². The Morgan fingerprint density at radius 3 is 2.11 bits per heavy atom. The third-order valence-corrected chi connectivity index (χ3v) is 3.36. The molecule has 0 unspecified atom stereocenters. The Balaban J connectivity index is 2.96. The Bertz CT molecular complexity index is 393. The predicted molar refractivity (Wildman–Crippen MR) is 75.7 cm³/mol. The van der Waals surface area contributed by atoms with Gasteiger partial charge in [0, 0.05) is 19.6 Å². The van der Waals surface area contributed by atoms with E-state index >= 15 is 0 Å². The highest BCUT2D eigenvalue weighted by atomic mass is 16.7. The van der Waals surface area contributed by atoms with Crippen molar-refractivity contribution in [3.8, 4) is 6.07 Å². The van der Waals surface area contributed by atoms with E-state index in [1.807, 2.05) is 51.1 Å². The zero-order valence-corrected chi connectivity index (χ0v) is 12.1. The van der Waals surface area contributed by atoms with Crippen LogP contribution in [0.25, 0.3) is 0 Å². The SMILES string of the molecule is CCOC(C[C@](C#N)(CC)c1ccccc1)OCC. The highest BCUT2D eigenvalue weighted by Gasteiger charge is 2.34. The molecule has 0 aliphatic heterocycles. The number of hydrogen-bond donors (Lipinski definition) is 0. The minimum Gasteiger partial charge on any atom is -0.353 e. The van der Waals surface area contributed by atoms with Gasteiger partial charge in [-0.1, -0.05) is 37.3 Å². The van der Waals surface area contributed by atoms with Crippen LogP contribution in [0.15, 0.2) is 30.3 Å². The molecule has 0 bridgehead atoms. The van der Waals surface area contributed by atoms with Gasteiger partial charge in [-0.25, -0.2) is 0 Å². The average Bonchev–Trinajstić information content (AvgIpc) is 2.46. The van der Waals surface area contributed by atoms with E-state index in [0.717, 1.165) is 12.0 Å². The zero-order chi connectivity index (χ0) is 14.1. The van der Waals surface area contributed by atoms with Crippen molar-refractivity contribution in [1.29, 1.82) is 5.26 Å². The van der Waals surface area contributed by atoms with Gasteiger partial charge in [-0.05, 0) is 25.8 Å². The van der Waals surface area contributed by atoms with Crippen LogP contribution in [0.1, 0.15) is 39.2 Å². The number of ether oxygens (including phenoxy) is 2. The molecule has 1 aromatic rings. The fourth-order valence-electron chi connectivity index (χ4n) is 2.24. The molecule has 0 N–H and O–H groups in total. The van der Waals surface area contributed by atoms with Gasteiger partial charge in [0.1, 0.15) is 0 Å². The zero-order valence-electron chi connectivity index (χ0n) is 12.1. The first-order chi connectivity index (χ1) is 9.22. The predicted octanol–water partition coefficient (Wildman–Crippen LogP) is 3.65. The molecule has 1 rings (SSSR count). The van der Waals surface area contributed by atoms with Crippen LogP contribution in [0.3, 0.4) is 0 Å². The third kappa shape index (κ3) is 4.05. The smallest absolute Gasteiger partial charge is 0.159 e. The second-order valence-electron chi connectivity index (χ2n) is 4.46. The first-order valence-electron chi connectivity index (χ1n) is 6.92. The van der Waals surface area contributed by atoms with Crippen LogP contribution in [-0.2, 0) is 14.9 Å². The van der Waals surface area contributed by atoms with Crippen molar-refractivity contribution in [2.75, 3.05) is 13.2 Å². The van der Waals surface area contributed by atoms with E-state index in [9.17, 15) is 5.26 Å². The van der Waals surface area contributed by atoms with Crippen molar-refractivity contribution in [2.24, 2.45) is 0 Å². The van der Waals surface area contributed by atoms with Crippen LogP contribution in [0.2, 0.25) is 0 Å². The van der Waals surface area contributed by atoms with Crippen LogP contribution in [-0.4, -0.2) is 19.5 Å². The summed E-state index contributed by atoms with van der Waals surface area (Å²) in [4.78, 5) is 0. The first-order valence-corrected chi connectivity index (χ1v) is 6.92. The summed E-state index contributed by atoms with van der Waals surface area (Å²) in [5.74, 6) is 0. The van der Waals surface area contributed by atoms with Crippen molar-refractivity contribution in [3.63, 3.8) is 0 Å². The monoisotopic (exact) mass is 261 g/mol. The first kappa shape index (κ1) is 15.7. The molecule has 0 saturated carbocycles. The largest absolute Gasteiger partial charge is 0.353 e. The quantitative estimate of drug-likeness (QED) is 0.671. The van der Waals surface area contributed by atoms with E-state index in [2.05, 4.69) is 6.07 Å². The van der Waals surface area contributed by atoms with Gasteiger partial charge in [0.15, 0.2) is 6.29 Å². The summed E-state index contributed by atoms with van der Waals surface area (Å²) in [6, 6.07) is 12.4. The highest BCUT2D eigenvalue weighted by Crippen LogP contribution is 2.33. The van der Waals surface area contributed by atoms with E-state index in [-0.39, 0.29) is 6.29 Å². The fraction of sp³-hybridized carbons (Fsp3) is 0.562. The normalized spacial score (nSPS) is 14.1. The van der Waals surface area contributed by atoms with Gasteiger partial charge < -0.3 is 9.47 Å². The molecule has 104 valence electrons. The summed E-state index contributed by atoms with van der Waals surface area (Å²) in [6.07, 6.45) is 0.977. The van der Waals surface area contributed by atoms with Crippen LogP contribution in [0.4, 0.5) is 0 Å².